The van der Waals surface area contributed by atoms with Crippen LogP contribution in [0.5, 0.6) is 5.75 Å². The predicted molar refractivity (Wildman–Crippen MR) is 85.7 cm³/mol. The third-order valence-corrected chi connectivity index (χ3v) is 3.39. The molecular weight excluding hydrogens is 315 g/mol. The zero-order valence-electron chi connectivity index (χ0n) is 14.1. The van der Waals surface area contributed by atoms with Crippen molar-refractivity contribution in [3.63, 3.8) is 0 Å². The summed E-state index contributed by atoms with van der Waals surface area (Å²) in [4.78, 5) is 24.0. The molecule has 0 amide bonds. The van der Waals surface area contributed by atoms with Gasteiger partial charge in [0.2, 0.25) is 0 Å². The number of unbranched alkanes of at least 4 members (excludes halogenated alkanes) is 2. The van der Waals surface area contributed by atoms with E-state index < -0.39 is 23.5 Å². The van der Waals surface area contributed by atoms with Crippen LogP contribution in [-0.4, -0.2) is 24.3 Å². The monoisotopic (exact) mass is 336 g/mol. The lowest BCUT2D eigenvalue weighted by Crippen LogP contribution is -2.41. The van der Waals surface area contributed by atoms with Gasteiger partial charge >= 0.3 is 11.9 Å². The van der Waals surface area contributed by atoms with Crippen LogP contribution in [0.1, 0.15) is 45.6 Å². The smallest absolute Gasteiger partial charge is 0.348 e. The first-order valence-corrected chi connectivity index (χ1v) is 7.93. The van der Waals surface area contributed by atoms with Gasteiger partial charge in [-0.05, 0) is 30.7 Å². The molecule has 1 fully saturated rings. The highest BCUT2D eigenvalue weighted by Gasteiger charge is 2.39. The van der Waals surface area contributed by atoms with Crippen molar-refractivity contribution in [2.45, 2.75) is 45.8 Å². The summed E-state index contributed by atoms with van der Waals surface area (Å²) in [6, 6.07) is 3.93. The standard InChI is InChI=1S/C18H21FO5/c1-4-5-6-9-22-15-8-7-13(19)10-12(15)11-14-16(20)23-18(2,3)24-17(14)21/h7-8,10-11H,4-6,9H2,1-3H3. The molecule has 0 radical (unpaired) electrons. The molecule has 1 aliphatic heterocycles. The minimum absolute atomic E-state index is 0.287. The second kappa shape index (κ2) is 7.47. The van der Waals surface area contributed by atoms with Gasteiger partial charge in [-0.25, -0.2) is 14.0 Å². The second-order valence-electron chi connectivity index (χ2n) is 5.97. The first kappa shape index (κ1) is 18.0. The number of hydrogen-bond acceptors (Lipinski definition) is 5. The van der Waals surface area contributed by atoms with Gasteiger partial charge in [0.15, 0.2) is 0 Å². The molecule has 0 aromatic heterocycles. The summed E-state index contributed by atoms with van der Waals surface area (Å²) in [7, 11) is 0. The fourth-order valence-corrected chi connectivity index (χ4v) is 2.23. The molecule has 0 N–H and O–H groups in total. The molecule has 1 aliphatic rings. The minimum atomic E-state index is -1.31. The van der Waals surface area contributed by atoms with Gasteiger partial charge in [-0.2, -0.15) is 0 Å². The van der Waals surface area contributed by atoms with Crippen LogP contribution in [0.4, 0.5) is 4.39 Å². The first-order chi connectivity index (χ1) is 11.3. The molecule has 1 aromatic carbocycles. The number of carbonyl (C=O) groups excluding carboxylic acids is 2. The highest BCUT2D eigenvalue weighted by molar-refractivity contribution is 6.19. The van der Waals surface area contributed by atoms with Gasteiger partial charge in [-0.3, -0.25) is 0 Å². The maximum atomic E-state index is 13.5. The van der Waals surface area contributed by atoms with E-state index in [9.17, 15) is 14.0 Å². The van der Waals surface area contributed by atoms with Crippen LogP contribution >= 0.6 is 0 Å². The Kier molecular flexibility index (Phi) is 5.59. The Balaban J connectivity index is 2.25. The van der Waals surface area contributed by atoms with Crippen LogP contribution < -0.4 is 4.74 Å². The number of benzene rings is 1. The third-order valence-electron chi connectivity index (χ3n) is 3.39. The number of hydrogen-bond donors (Lipinski definition) is 0. The van der Waals surface area contributed by atoms with Gasteiger partial charge in [0.25, 0.3) is 5.79 Å². The van der Waals surface area contributed by atoms with Crippen LogP contribution in [-0.2, 0) is 19.1 Å². The van der Waals surface area contributed by atoms with Crippen molar-refractivity contribution in [3.05, 3.63) is 35.2 Å². The quantitative estimate of drug-likeness (QED) is 0.344. The number of rotatable bonds is 6. The van der Waals surface area contributed by atoms with Crippen molar-refractivity contribution in [1.82, 2.24) is 0 Å². The summed E-state index contributed by atoms with van der Waals surface area (Å²) in [5.41, 5.74) is -0.00608. The van der Waals surface area contributed by atoms with Gasteiger partial charge in [0, 0.05) is 19.4 Å². The maximum absolute atomic E-state index is 13.5. The molecule has 1 saturated heterocycles. The molecule has 0 spiro atoms. The lowest BCUT2D eigenvalue weighted by Gasteiger charge is -2.29. The Morgan fingerprint density at radius 3 is 2.46 bits per heavy atom. The molecule has 1 heterocycles. The molecule has 0 bridgehead atoms. The van der Waals surface area contributed by atoms with Crippen LogP contribution in [0, 0.1) is 5.82 Å². The molecule has 0 aliphatic carbocycles. The van der Waals surface area contributed by atoms with Crippen LogP contribution in [0.15, 0.2) is 23.8 Å². The summed E-state index contributed by atoms with van der Waals surface area (Å²) < 4.78 is 29.2. The van der Waals surface area contributed by atoms with E-state index in [1.165, 1.54) is 38.1 Å². The van der Waals surface area contributed by atoms with Gasteiger partial charge in [-0.1, -0.05) is 19.8 Å². The number of halogens is 1. The SMILES string of the molecule is CCCCCOc1ccc(F)cc1C=C1C(=O)OC(C)(C)OC1=O. The molecule has 130 valence electrons. The average molecular weight is 336 g/mol. The van der Waals surface area contributed by atoms with E-state index in [4.69, 9.17) is 14.2 Å². The maximum Gasteiger partial charge on any atom is 0.348 e. The topological polar surface area (TPSA) is 61.8 Å². The Morgan fingerprint density at radius 1 is 1.17 bits per heavy atom. The van der Waals surface area contributed by atoms with Crippen LogP contribution in [0.3, 0.4) is 0 Å². The highest BCUT2D eigenvalue weighted by atomic mass is 19.1. The Hall–Kier alpha value is -2.37. The summed E-state index contributed by atoms with van der Waals surface area (Å²) >= 11 is 0. The van der Waals surface area contributed by atoms with E-state index in [1.54, 1.807) is 0 Å². The van der Waals surface area contributed by atoms with Crippen molar-refractivity contribution >= 4 is 18.0 Å². The van der Waals surface area contributed by atoms with Crippen LogP contribution in [0.25, 0.3) is 6.08 Å². The number of esters is 2. The summed E-state index contributed by atoms with van der Waals surface area (Å²) in [5.74, 6) is -3.03. The third kappa shape index (κ3) is 4.57. The van der Waals surface area contributed by atoms with Gasteiger partial charge in [-0.15, -0.1) is 0 Å². The lowest BCUT2D eigenvalue weighted by molar-refractivity contribution is -0.222. The lowest BCUT2D eigenvalue weighted by atomic mass is 10.1. The highest BCUT2D eigenvalue weighted by Crippen LogP contribution is 2.28. The average Bonchev–Trinajstić information content (AvgIpc) is 2.48. The van der Waals surface area contributed by atoms with Crippen molar-refractivity contribution in [2.75, 3.05) is 6.61 Å². The molecule has 6 heteroatoms. The zero-order chi connectivity index (χ0) is 17.7. The molecule has 2 rings (SSSR count). The summed E-state index contributed by atoms with van der Waals surface area (Å²) in [6.45, 7) is 5.47. The van der Waals surface area contributed by atoms with E-state index in [0.717, 1.165) is 19.3 Å². The molecule has 5 nitrogen and oxygen atoms in total. The van der Waals surface area contributed by atoms with Crippen LogP contribution in [0.2, 0.25) is 0 Å². The van der Waals surface area contributed by atoms with Crippen molar-refractivity contribution in [2.24, 2.45) is 0 Å². The first-order valence-electron chi connectivity index (χ1n) is 7.93. The van der Waals surface area contributed by atoms with E-state index in [1.807, 2.05) is 0 Å². The largest absolute Gasteiger partial charge is 0.493 e. The summed E-state index contributed by atoms with van der Waals surface area (Å²) in [5, 5.41) is 0. The number of cyclic esters (lactones) is 2. The van der Waals surface area contributed by atoms with E-state index in [0.29, 0.717) is 12.4 Å². The minimum Gasteiger partial charge on any atom is -0.493 e. The Labute approximate surface area is 140 Å². The van der Waals surface area contributed by atoms with Crippen molar-refractivity contribution in [1.29, 1.82) is 0 Å². The molecule has 24 heavy (non-hydrogen) atoms. The molecular formula is C18H21FO5. The summed E-state index contributed by atoms with van der Waals surface area (Å²) in [6.07, 6.45) is 4.17. The zero-order valence-corrected chi connectivity index (χ0v) is 14.1. The van der Waals surface area contributed by atoms with Gasteiger partial charge < -0.3 is 14.2 Å². The molecule has 0 atom stereocenters. The van der Waals surface area contributed by atoms with Crippen molar-refractivity contribution < 1.29 is 28.2 Å². The molecule has 1 aromatic rings. The Morgan fingerprint density at radius 2 is 1.83 bits per heavy atom. The Bertz CT molecular complexity index is 641. The van der Waals surface area contributed by atoms with Crippen molar-refractivity contribution in [3.8, 4) is 5.75 Å². The van der Waals surface area contributed by atoms with E-state index in [2.05, 4.69) is 6.92 Å². The van der Waals surface area contributed by atoms with Gasteiger partial charge in [0.05, 0.1) is 6.61 Å². The normalized spacial score (nSPS) is 16.4. The van der Waals surface area contributed by atoms with E-state index in [-0.39, 0.29) is 11.1 Å². The predicted octanol–water partition coefficient (Wildman–Crippen LogP) is 3.61. The number of carbonyl (C=O) groups is 2. The fourth-order valence-electron chi connectivity index (χ4n) is 2.23. The van der Waals surface area contributed by atoms with Gasteiger partial charge in [0.1, 0.15) is 17.1 Å². The molecule has 0 saturated carbocycles. The number of ether oxygens (including phenoxy) is 3. The van der Waals surface area contributed by atoms with E-state index >= 15 is 0 Å². The fraction of sp³-hybridized carbons (Fsp3) is 0.444. The second-order valence-corrected chi connectivity index (χ2v) is 5.97. The molecule has 0 unspecified atom stereocenters.